The molecule has 300 valence electrons. The number of imidazole rings is 2. The molecular weight excluding hydrogens is 763 g/mol. The van der Waals surface area contributed by atoms with E-state index < -0.39 is 0 Å². The summed E-state index contributed by atoms with van der Waals surface area (Å²) in [6.07, 6.45) is 10.8. The van der Waals surface area contributed by atoms with Crippen molar-refractivity contribution in [1.82, 2.24) is 29.2 Å². The Kier molecular flexibility index (Phi) is 12.1. The topological polar surface area (TPSA) is 60.4 Å². The van der Waals surface area contributed by atoms with Crippen LogP contribution in [0.2, 0.25) is 0 Å². The molecule has 0 bridgehead atoms. The molecule has 0 saturated carbocycles. The summed E-state index contributed by atoms with van der Waals surface area (Å²) in [4.78, 5) is 12.1. The largest absolute Gasteiger partial charge is 0.231 e. The van der Waals surface area contributed by atoms with Gasteiger partial charge in [-0.3, -0.25) is 0 Å². The second-order valence-electron chi connectivity index (χ2n) is 15.1. The van der Waals surface area contributed by atoms with Gasteiger partial charge in [0.2, 0.25) is 0 Å². The lowest BCUT2D eigenvalue weighted by molar-refractivity contribution is 0.629. The Morgan fingerprint density at radius 2 is 0.983 bits per heavy atom. The monoisotopic (exact) mass is 814 g/mol. The molecule has 8 aromatic rings. The molecule has 8 rings (SSSR count). The van der Waals surface area contributed by atoms with Gasteiger partial charge in [-0.25, -0.2) is 27.8 Å². The summed E-state index contributed by atoms with van der Waals surface area (Å²) in [5.41, 5.74) is 14.8. The molecule has 6 heterocycles. The Morgan fingerprint density at radius 3 is 1.34 bits per heavy atom. The van der Waals surface area contributed by atoms with Gasteiger partial charge in [0.1, 0.15) is 23.0 Å². The van der Waals surface area contributed by atoms with E-state index in [9.17, 15) is 8.78 Å². The lowest BCUT2D eigenvalue weighted by Gasteiger charge is -2.10. The predicted octanol–water partition coefficient (Wildman–Crippen LogP) is 14.5. The number of benzene rings is 2. The molecule has 0 spiro atoms. The van der Waals surface area contributed by atoms with E-state index in [4.69, 9.17) is 20.2 Å². The molecule has 0 saturated heterocycles. The van der Waals surface area contributed by atoms with Crippen LogP contribution in [0.3, 0.4) is 0 Å². The minimum atomic E-state index is -0.204. The first-order valence-electron chi connectivity index (χ1n) is 20.4. The molecule has 0 unspecified atom stereocenters. The quantitative estimate of drug-likeness (QED) is 0.138. The molecule has 0 atom stereocenters. The van der Waals surface area contributed by atoms with Gasteiger partial charge in [0, 0.05) is 20.5 Å². The van der Waals surface area contributed by atoms with E-state index in [1.54, 1.807) is 34.8 Å². The molecule has 0 radical (unpaired) electrons. The Bertz CT molecular complexity index is 2690. The van der Waals surface area contributed by atoms with Crippen molar-refractivity contribution >= 4 is 65.3 Å². The molecule has 10 heteroatoms. The van der Waals surface area contributed by atoms with E-state index in [0.717, 1.165) is 125 Å². The van der Waals surface area contributed by atoms with Crippen molar-refractivity contribution in [3.05, 3.63) is 117 Å². The lowest BCUT2D eigenvalue weighted by atomic mass is 10.0. The van der Waals surface area contributed by atoms with Crippen molar-refractivity contribution in [1.29, 1.82) is 0 Å². The van der Waals surface area contributed by atoms with Crippen LogP contribution in [0.5, 0.6) is 0 Å². The first kappa shape index (κ1) is 41.1. The van der Waals surface area contributed by atoms with Crippen LogP contribution in [-0.4, -0.2) is 29.2 Å². The fourth-order valence-corrected chi connectivity index (χ4v) is 10.6. The van der Waals surface area contributed by atoms with Crippen LogP contribution < -0.4 is 0 Å². The minimum Gasteiger partial charge on any atom is -0.231 e. The van der Waals surface area contributed by atoms with Gasteiger partial charge in [-0.1, -0.05) is 52.7 Å². The number of allylic oxidation sites excluding steroid dienone is 4. The highest BCUT2D eigenvalue weighted by Gasteiger charge is 2.23. The van der Waals surface area contributed by atoms with E-state index in [2.05, 4.69) is 65.8 Å². The van der Waals surface area contributed by atoms with Gasteiger partial charge in [-0.15, -0.1) is 22.7 Å². The third-order valence-electron chi connectivity index (χ3n) is 10.6. The summed E-state index contributed by atoms with van der Waals surface area (Å²) >= 11 is 3.36. The van der Waals surface area contributed by atoms with Crippen LogP contribution in [0.25, 0.3) is 63.8 Å². The van der Waals surface area contributed by atoms with Crippen molar-refractivity contribution < 1.29 is 8.78 Å². The highest BCUT2D eigenvalue weighted by atomic mass is 32.1. The van der Waals surface area contributed by atoms with Crippen LogP contribution >= 0.6 is 22.7 Å². The van der Waals surface area contributed by atoms with Gasteiger partial charge in [0.25, 0.3) is 0 Å². The normalized spacial score (nSPS) is 12.4. The molecule has 0 aliphatic carbocycles. The molecule has 0 aliphatic rings. The second kappa shape index (κ2) is 17.0. The van der Waals surface area contributed by atoms with Gasteiger partial charge in [0.05, 0.1) is 32.5 Å². The van der Waals surface area contributed by atoms with Gasteiger partial charge in [0.15, 0.2) is 11.3 Å². The van der Waals surface area contributed by atoms with Crippen LogP contribution in [0, 0.1) is 53.2 Å². The number of fused-ring (bicyclic) bond motifs is 4. The van der Waals surface area contributed by atoms with Crippen molar-refractivity contribution in [2.75, 3.05) is 0 Å². The number of nitrogens with zero attached hydrogens (tertiary/aromatic N) is 6. The van der Waals surface area contributed by atoms with Crippen molar-refractivity contribution in [2.24, 2.45) is 0 Å². The summed E-state index contributed by atoms with van der Waals surface area (Å²) in [5.74, 6) is -0.407. The van der Waals surface area contributed by atoms with E-state index in [1.807, 2.05) is 48.9 Å². The summed E-state index contributed by atoms with van der Waals surface area (Å²) in [6, 6.07) is 14.3. The maximum Gasteiger partial charge on any atom is 0.162 e. The summed E-state index contributed by atoms with van der Waals surface area (Å²) in [6.45, 7) is 21.0. The average Bonchev–Trinajstić information content (AvgIpc) is 3.89. The van der Waals surface area contributed by atoms with Crippen LogP contribution in [-0.2, 0) is 0 Å². The third-order valence-corrected chi connectivity index (χ3v) is 13.2. The summed E-state index contributed by atoms with van der Waals surface area (Å²) < 4.78 is 33.8. The number of halogens is 2. The van der Waals surface area contributed by atoms with Crippen LogP contribution in [0.15, 0.2) is 60.7 Å². The Morgan fingerprint density at radius 1 is 0.586 bits per heavy atom. The van der Waals surface area contributed by atoms with Gasteiger partial charge in [-0.2, -0.15) is 10.2 Å². The molecule has 0 aliphatic heterocycles. The van der Waals surface area contributed by atoms with E-state index >= 15 is 0 Å². The molecule has 2 aromatic carbocycles. The van der Waals surface area contributed by atoms with E-state index in [-0.39, 0.29) is 11.6 Å². The Labute approximate surface area is 348 Å². The highest BCUT2D eigenvalue weighted by Crippen LogP contribution is 2.42. The van der Waals surface area contributed by atoms with Crippen LogP contribution in [0.1, 0.15) is 111 Å². The van der Waals surface area contributed by atoms with Crippen molar-refractivity contribution in [2.45, 2.75) is 108 Å². The third kappa shape index (κ3) is 7.64. The zero-order valence-electron chi connectivity index (χ0n) is 35.3. The van der Waals surface area contributed by atoms with Gasteiger partial charge in [-0.05, 0) is 149 Å². The molecular formula is C48H52F2N6S2. The number of hydrogen-bond donors (Lipinski definition) is 0. The second-order valence-corrected chi connectivity index (χ2v) is 17.2. The maximum atomic E-state index is 13.8. The molecule has 0 fully saturated rings. The van der Waals surface area contributed by atoms with E-state index in [1.165, 1.54) is 34.4 Å². The number of aromatic nitrogens is 6. The van der Waals surface area contributed by atoms with Gasteiger partial charge >= 0.3 is 0 Å². The number of aryl methyl sites for hydroxylation is 6. The highest BCUT2D eigenvalue weighted by molar-refractivity contribution is 7.22. The fourth-order valence-electron chi connectivity index (χ4n) is 8.06. The first-order valence-corrected chi connectivity index (χ1v) is 22.0. The van der Waals surface area contributed by atoms with Crippen LogP contribution in [0.4, 0.5) is 8.78 Å². The zero-order chi connectivity index (χ0) is 41.4. The van der Waals surface area contributed by atoms with E-state index in [0.29, 0.717) is 0 Å². The lowest BCUT2D eigenvalue weighted by Crippen LogP contribution is -2.01. The SMILES string of the molecule is CC/C=C(/CCC)c1cc(C)nn2c(-c3sc4ccc(F)cc4c3C)c(C)nc12.CC/C=C(\CCC)c1cc(C)nn2c(-c3sc4ccc(F)cc4c3C)c(C)nc12. The molecule has 58 heavy (non-hydrogen) atoms. The first-order chi connectivity index (χ1) is 27.9. The fraction of sp³-hybridized carbons (Fsp3) is 0.333. The average molecular weight is 815 g/mol. The standard InChI is InChI=1S/2C24H26FN3S/c2*1-6-8-17(9-7-2)20-12-14(3)27-28-22(16(5)26-24(20)28)23-15(4)19-13-18(25)10-11-21(19)29-23/h2*8,10-13H,6-7,9H2,1-5H3/b17-8+;17-8-. The van der Waals surface area contributed by atoms with Gasteiger partial charge < -0.3 is 0 Å². The predicted molar refractivity (Wildman–Crippen MR) is 242 cm³/mol. The summed E-state index contributed by atoms with van der Waals surface area (Å²) in [7, 11) is 0. The number of hydrogen-bond acceptors (Lipinski definition) is 6. The zero-order valence-corrected chi connectivity index (χ0v) is 36.9. The Balaban J connectivity index is 0.000000177. The molecule has 0 N–H and O–H groups in total. The number of thiophene rings is 2. The Hall–Kier alpha value is -5.06. The minimum absolute atomic E-state index is 0.204. The number of rotatable bonds is 10. The smallest absolute Gasteiger partial charge is 0.162 e. The molecule has 6 nitrogen and oxygen atoms in total. The summed E-state index contributed by atoms with van der Waals surface area (Å²) in [5, 5.41) is 11.6. The van der Waals surface area contributed by atoms with Crippen molar-refractivity contribution in [3.8, 4) is 21.1 Å². The van der Waals surface area contributed by atoms with Crippen molar-refractivity contribution in [3.63, 3.8) is 0 Å². The molecule has 6 aromatic heterocycles. The molecule has 0 amide bonds. The maximum absolute atomic E-state index is 13.8.